The Morgan fingerprint density at radius 3 is 2.19 bits per heavy atom. The second-order valence-corrected chi connectivity index (χ2v) is 9.94. The number of fused-ring (bicyclic) bond motifs is 7. The predicted molar refractivity (Wildman–Crippen MR) is 126 cm³/mol. The van der Waals surface area contributed by atoms with Gasteiger partial charge in [0, 0.05) is 40.5 Å². The van der Waals surface area contributed by atoms with Gasteiger partial charge in [-0.3, -0.25) is 14.5 Å². The van der Waals surface area contributed by atoms with Crippen LogP contribution in [0.2, 0.25) is 0 Å². The van der Waals surface area contributed by atoms with E-state index in [0.29, 0.717) is 5.88 Å². The van der Waals surface area contributed by atoms with Crippen molar-refractivity contribution in [2.45, 2.75) is 22.9 Å². The summed E-state index contributed by atoms with van der Waals surface area (Å²) >= 11 is 1.84. The average Bonchev–Trinajstić information content (AvgIpc) is 3.53. The van der Waals surface area contributed by atoms with Crippen molar-refractivity contribution in [1.29, 1.82) is 0 Å². The van der Waals surface area contributed by atoms with Crippen molar-refractivity contribution in [2.75, 3.05) is 22.3 Å². The van der Waals surface area contributed by atoms with E-state index in [9.17, 15) is 9.59 Å². The Labute approximate surface area is 190 Å². The third-order valence-corrected chi connectivity index (χ3v) is 8.82. The molecule has 32 heavy (non-hydrogen) atoms. The Bertz CT molecular complexity index is 1290. The van der Waals surface area contributed by atoms with Gasteiger partial charge in [-0.2, -0.15) is 0 Å². The van der Waals surface area contributed by atoms with Crippen LogP contribution in [0.15, 0.2) is 78.9 Å². The number of nitrogens with one attached hydrogen (secondary N) is 2. The standard InChI is InChI=1S/C26H21N3O2S/c30-23-25(17-10-4-6-12-19(17)27-23)22(16-8-2-1-3-9-16)21-14-32-15-29(21)26(25)18-11-5-7-13-20(18)28-24(26)31/h1-13,21-22H,14-15H2,(H,27,30)(H,28,31). The predicted octanol–water partition coefficient (Wildman–Crippen LogP) is 3.90. The molecule has 2 saturated heterocycles. The van der Waals surface area contributed by atoms with Gasteiger partial charge in [0.2, 0.25) is 5.91 Å². The number of carbonyl (C=O) groups excluding carboxylic acids is 2. The van der Waals surface area contributed by atoms with E-state index in [1.165, 1.54) is 0 Å². The molecule has 4 aliphatic heterocycles. The van der Waals surface area contributed by atoms with Crippen LogP contribution >= 0.6 is 11.8 Å². The number of thioether (sulfide) groups is 1. The molecule has 158 valence electrons. The summed E-state index contributed by atoms with van der Waals surface area (Å²) in [5.41, 5.74) is 2.38. The number of rotatable bonds is 1. The lowest BCUT2D eigenvalue weighted by molar-refractivity contribution is -0.136. The lowest BCUT2D eigenvalue weighted by atomic mass is 9.57. The Morgan fingerprint density at radius 1 is 0.781 bits per heavy atom. The highest BCUT2D eigenvalue weighted by atomic mass is 32.2. The van der Waals surface area contributed by atoms with E-state index in [1.54, 1.807) is 0 Å². The van der Waals surface area contributed by atoms with Crippen LogP contribution in [0.1, 0.15) is 22.6 Å². The second kappa shape index (κ2) is 6.24. The molecule has 3 aromatic rings. The third-order valence-electron chi connectivity index (χ3n) is 7.78. The van der Waals surface area contributed by atoms with E-state index in [0.717, 1.165) is 33.8 Å². The lowest BCUT2D eigenvalue weighted by Crippen LogP contribution is -2.61. The fraction of sp³-hybridized carbons (Fsp3) is 0.231. The van der Waals surface area contributed by atoms with Gasteiger partial charge >= 0.3 is 0 Å². The first-order valence-corrected chi connectivity index (χ1v) is 12.1. The molecule has 0 radical (unpaired) electrons. The molecular weight excluding hydrogens is 418 g/mol. The molecule has 4 aliphatic rings. The average molecular weight is 440 g/mol. The summed E-state index contributed by atoms with van der Waals surface area (Å²) in [6, 6.07) is 26.1. The smallest absolute Gasteiger partial charge is 0.251 e. The minimum atomic E-state index is -1.10. The minimum absolute atomic E-state index is 0.0659. The molecule has 4 unspecified atom stereocenters. The summed E-state index contributed by atoms with van der Waals surface area (Å²) in [5, 5.41) is 6.32. The van der Waals surface area contributed by atoms with Crippen LogP contribution in [0.4, 0.5) is 11.4 Å². The molecule has 0 bridgehead atoms. The van der Waals surface area contributed by atoms with Crippen molar-refractivity contribution < 1.29 is 9.59 Å². The molecule has 0 aliphatic carbocycles. The van der Waals surface area contributed by atoms with E-state index < -0.39 is 11.0 Å². The minimum Gasteiger partial charge on any atom is -0.325 e. The molecule has 2 amide bonds. The van der Waals surface area contributed by atoms with Gasteiger partial charge in [0.1, 0.15) is 11.0 Å². The Balaban J connectivity index is 1.65. The van der Waals surface area contributed by atoms with Crippen LogP contribution < -0.4 is 10.6 Å². The van der Waals surface area contributed by atoms with Crippen LogP contribution in [0, 0.1) is 0 Å². The maximum atomic E-state index is 14.3. The molecular formula is C26H21N3O2S. The second-order valence-electron chi connectivity index (χ2n) is 8.94. The van der Waals surface area contributed by atoms with Gasteiger partial charge in [-0.25, -0.2) is 0 Å². The summed E-state index contributed by atoms with van der Waals surface area (Å²) in [6.07, 6.45) is 0. The fourth-order valence-corrected chi connectivity index (χ4v) is 8.12. The van der Waals surface area contributed by atoms with Crippen molar-refractivity contribution in [3.8, 4) is 0 Å². The van der Waals surface area contributed by atoms with Gasteiger partial charge in [0.05, 0.1) is 0 Å². The summed E-state index contributed by atoms with van der Waals surface area (Å²) in [5.74, 6) is 1.26. The molecule has 0 aromatic heterocycles. The molecule has 2 N–H and O–H groups in total. The first-order valence-electron chi connectivity index (χ1n) is 10.9. The van der Waals surface area contributed by atoms with Gasteiger partial charge in [-0.05, 0) is 23.3 Å². The summed E-state index contributed by atoms with van der Waals surface area (Å²) in [4.78, 5) is 30.7. The maximum absolute atomic E-state index is 14.3. The van der Waals surface area contributed by atoms with E-state index in [2.05, 4.69) is 27.7 Å². The number of hydrogen-bond donors (Lipinski definition) is 2. The van der Waals surface area contributed by atoms with E-state index in [1.807, 2.05) is 78.5 Å². The Morgan fingerprint density at radius 2 is 1.41 bits per heavy atom. The van der Waals surface area contributed by atoms with Gasteiger partial charge in [0.15, 0.2) is 0 Å². The van der Waals surface area contributed by atoms with E-state index in [-0.39, 0.29) is 23.8 Å². The molecule has 2 spiro atoms. The Hall–Kier alpha value is -3.09. The SMILES string of the molecule is O=C1Nc2ccccc2C12C(c1ccccc1)C1CSCN1C21C(=O)Nc2ccccc21. The molecule has 3 aromatic carbocycles. The van der Waals surface area contributed by atoms with Crippen LogP contribution in [-0.4, -0.2) is 34.4 Å². The fourth-order valence-electron chi connectivity index (χ4n) is 6.82. The van der Waals surface area contributed by atoms with Crippen molar-refractivity contribution in [3.05, 3.63) is 95.6 Å². The third kappa shape index (κ3) is 1.88. The first-order chi connectivity index (χ1) is 15.7. The Kier molecular flexibility index (Phi) is 3.60. The normalized spacial score (nSPS) is 32.1. The zero-order valence-corrected chi connectivity index (χ0v) is 18.1. The van der Waals surface area contributed by atoms with Crippen molar-refractivity contribution in [3.63, 3.8) is 0 Å². The number of carbonyl (C=O) groups is 2. The van der Waals surface area contributed by atoms with Crippen LogP contribution in [0.25, 0.3) is 0 Å². The van der Waals surface area contributed by atoms with Gasteiger partial charge < -0.3 is 10.6 Å². The zero-order chi connectivity index (χ0) is 21.5. The highest BCUT2D eigenvalue weighted by Crippen LogP contribution is 2.69. The van der Waals surface area contributed by atoms with E-state index in [4.69, 9.17) is 0 Å². The lowest BCUT2D eigenvalue weighted by Gasteiger charge is -2.43. The van der Waals surface area contributed by atoms with Crippen molar-refractivity contribution in [1.82, 2.24) is 4.90 Å². The number of amides is 2. The van der Waals surface area contributed by atoms with Gasteiger partial charge in [0.25, 0.3) is 5.91 Å². The van der Waals surface area contributed by atoms with Crippen molar-refractivity contribution in [2.24, 2.45) is 0 Å². The monoisotopic (exact) mass is 439 g/mol. The summed E-state index contributed by atoms with van der Waals surface area (Å²) < 4.78 is 0. The summed E-state index contributed by atoms with van der Waals surface area (Å²) in [6.45, 7) is 0. The molecule has 4 atom stereocenters. The molecule has 6 heteroatoms. The number of hydrogen-bond acceptors (Lipinski definition) is 4. The number of para-hydroxylation sites is 2. The summed E-state index contributed by atoms with van der Waals surface area (Å²) in [7, 11) is 0. The highest BCUT2D eigenvalue weighted by molar-refractivity contribution is 7.99. The van der Waals surface area contributed by atoms with Crippen LogP contribution in [0.5, 0.6) is 0 Å². The van der Waals surface area contributed by atoms with Crippen molar-refractivity contribution >= 4 is 35.0 Å². The van der Waals surface area contributed by atoms with Gasteiger partial charge in [-0.1, -0.05) is 66.7 Å². The molecule has 7 rings (SSSR count). The molecule has 5 nitrogen and oxygen atoms in total. The number of benzene rings is 3. The number of anilines is 2. The van der Waals surface area contributed by atoms with Gasteiger partial charge in [-0.15, -0.1) is 11.8 Å². The first kappa shape index (κ1) is 18.5. The highest BCUT2D eigenvalue weighted by Gasteiger charge is 2.80. The quantitative estimate of drug-likeness (QED) is 0.604. The largest absolute Gasteiger partial charge is 0.325 e. The van der Waals surface area contributed by atoms with Crippen LogP contribution in [0.3, 0.4) is 0 Å². The number of nitrogens with zero attached hydrogens (tertiary/aromatic N) is 1. The molecule has 0 saturated carbocycles. The van der Waals surface area contributed by atoms with E-state index >= 15 is 0 Å². The maximum Gasteiger partial charge on any atom is 0.251 e. The molecule has 2 fully saturated rings. The topological polar surface area (TPSA) is 61.4 Å². The van der Waals surface area contributed by atoms with Crippen LogP contribution in [-0.2, 0) is 20.5 Å². The zero-order valence-electron chi connectivity index (χ0n) is 17.2. The molecule has 4 heterocycles.